The molecule has 4 aromatic rings. The SMILES string of the molecule is COCCN(C(=O)c1ccn2ncc(-c3ccc(C(F)(F)F)cc3)c2c1)c1ccc(C#N)cc1. The first kappa shape index (κ1) is 23.0. The maximum absolute atomic E-state index is 13.4. The first-order chi connectivity index (χ1) is 16.3. The minimum absolute atomic E-state index is 0.288. The second-order valence-corrected chi connectivity index (χ2v) is 7.49. The number of carbonyl (C=O) groups excluding carboxylic acids is 1. The molecule has 4 rings (SSSR count). The van der Waals surface area contributed by atoms with Gasteiger partial charge < -0.3 is 9.64 Å². The van der Waals surface area contributed by atoms with Gasteiger partial charge in [0, 0.05) is 36.7 Å². The molecule has 2 aromatic heterocycles. The van der Waals surface area contributed by atoms with Gasteiger partial charge in [0.15, 0.2) is 0 Å². The Labute approximate surface area is 193 Å². The minimum atomic E-state index is -4.42. The number of alkyl halides is 3. The number of hydrogen-bond acceptors (Lipinski definition) is 4. The third-order valence-electron chi connectivity index (χ3n) is 5.36. The van der Waals surface area contributed by atoms with Crippen LogP contribution in [0, 0.1) is 11.3 Å². The van der Waals surface area contributed by atoms with Crippen LogP contribution >= 0.6 is 0 Å². The van der Waals surface area contributed by atoms with E-state index in [9.17, 15) is 18.0 Å². The summed E-state index contributed by atoms with van der Waals surface area (Å²) in [5.74, 6) is -0.288. The van der Waals surface area contributed by atoms with Crippen molar-refractivity contribution in [2.75, 3.05) is 25.2 Å². The van der Waals surface area contributed by atoms with Crippen molar-refractivity contribution in [1.82, 2.24) is 9.61 Å². The van der Waals surface area contributed by atoms with Gasteiger partial charge in [-0.1, -0.05) is 12.1 Å². The second kappa shape index (κ2) is 9.37. The molecule has 34 heavy (non-hydrogen) atoms. The van der Waals surface area contributed by atoms with Crippen LogP contribution in [0.3, 0.4) is 0 Å². The summed E-state index contributed by atoms with van der Waals surface area (Å²) in [6.45, 7) is 0.592. The van der Waals surface area contributed by atoms with Crippen LogP contribution in [0.2, 0.25) is 0 Å². The molecule has 0 saturated heterocycles. The fourth-order valence-corrected chi connectivity index (χ4v) is 3.58. The van der Waals surface area contributed by atoms with Crippen molar-refractivity contribution >= 4 is 17.1 Å². The number of anilines is 1. The van der Waals surface area contributed by atoms with Gasteiger partial charge in [-0.05, 0) is 54.1 Å². The largest absolute Gasteiger partial charge is 0.416 e. The van der Waals surface area contributed by atoms with Crippen molar-refractivity contribution in [2.24, 2.45) is 0 Å². The Bertz CT molecular complexity index is 1350. The molecule has 6 nitrogen and oxygen atoms in total. The number of hydrogen-bond donors (Lipinski definition) is 0. The lowest BCUT2D eigenvalue weighted by Gasteiger charge is -2.23. The molecule has 0 N–H and O–H groups in total. The van der Waals surface area contributed by atoms with E-state index in [2.05, 4.69) is 5.10 Å². The predicted octanol–water partition coefficient (Wildman–Crippen LogP) is 5.18. The summed E-state index contributed by atoms with van der Waals surface area (Å²) in [4.78, 5) is 15.0. The van der Waals surface area contributed by atoms with Crippen molar-refractivity contribution in [3.05, 3.63) is 89.7 Å². The Balaban J connectivity index is 1.70. The Hall–Kier alpha value is -4.16. The number of aromatic nitrogens is 2. The molecule has 0 aliphatic rings. The molecule has 0 spiro atoms. The number of rotatable bonds is 6. The highest BCUT2D eigenvalue weighted by molar-refractivity contribution is 6.07. The average molecular weight is 464 g/mol. The topological polar surface area (TPSA) is 70.6 Å². The first-order valence-electron chi connectivity index (χ1n) is 10.3. The van der Waals surface area contributed by atoms with Crippen LogP contribution in [-0.4, -0.2) is 35.8 Å². The molecule has 0 aliphatic heterocycles. The number of halogens is 3. The van der Waals surface area contributed by atoms with E-state index in [4.69, 9.17) is 10.00 Å². The fraction of sp³-hybridized carbons (Fsp3) is 0.160. The number of amides is 1. The molecule has 0 unspecified atom stereocenters. The lowest BCUT2D eigenvalue weighted by atomic mass is 10.0. The number of pyridine rings is 1. The summed E-state index contributed by atoms with van der Waals surface area (Å²) >= 11 is 0. The molecule has 2 heterocycles. The zero-order chi connectivity index (χ0) is 24.3. The quantitative estimate of drug-likeness (QED) is 0.394. The van der Waals surface area contributed by atoms with Crippen molar-refractivity contribution in [3.63, 3.8) is 0 Å². The van der Waals surface area contributed by atoms with Crippen LogP contribution in [0.25, 0.3) is 16.6 Å². The average Bonchev–Trinajstić information content (AvgIpc) is 3.27. The minimum Gasteiger partial charge on any atom is -0.383 e. The molecule has 0 bridgehead atoms. The van der Waals surface area contributed by atoms with Gasteiger partial charge in [-0.15, -0.1) is 0 Å². The highest BCUT2D eigenvalue weighted by atomic mass is 19.4. The van der Waals surface area contributed by atoms with Crippen LogP contribution in [-0.2, 0) is 10.9 Å². The molecule has 172 valence electrons. The summed E-state index contributed by atoms with van der Waals surface area (Å²) in [5.41, 5.74) is 2.46. The van der Waals surface area contributed by atoms with Crippen molar-refractivity contribution in [1.29, 1.82) is 5.26 Å². The molecule has 0 fully saturated rings. The Morgan fingerprint density at radius 3 is 2.44 bits per heavy atom. The number of methoxy groups -OCH3 is 1. The van der Waals surface area contributed by atoms with Crippen LogP contribution in [0.15, 0.2) is 73.1 Å². The smallest absolute Gasteiger partial charge is 0.383 e. The first-order valence-corrected chi connectivity index (χ1v) is 10.3. The molecular weight excluding hydrogens is 445 g/mol. The molecule has 0 atom stereocenters. The predicted molar refractivity (Wildman–Crippen MR) is 120 cm³/mol. The number of nitriles is 1. The number of benzene rings is 2. The second-order valence-electron chi connectivity index (χ2n) is 7.49. The van der Waals surface area contributed by atoms with E-state index in [1.165, 1.54) is 19.2 Å². The van der Waals surface area contributed by atoms with Gasteiger partial charge in [-0.25, -0.2) is 4.52 Å². The summed E-state index contributed by atoms with van der Waals surface area (Å²) in [6, 6.07) is 16.8. The van der Waals surface area contributed by atoms with Crippen LogP contribution in [0.5, 0.6) is 0 Å². The number of ether oxygens (including phenoxy) is 1. The summed E-state index contributed by atoms with van der Waals surface area (Å²) in [5, 5.41) is 13.3. The molecule has 1 amide bonds. The van der Waals surface area contributed by atoms with Crippen molar-refractivity contribution < 1.29 is 22.7 Å². The Morgan fingerprint density at radius 2 is 1.82 bits per heavy atom. The zero-order valence-corrected chi connectivity index (χ0v) is 18.1. The van der Waals surface area contributed by atoms with E-state index in [1.807, 2.05) is 6.07 Å². The maximum Gasteiger partial charge on any atom is 0.416 e. The van der Waals surface area contributed by atoms with E-state index >= 15 is 0 Å². The van der Waals surface area contributed by atoms with Crippen molar-refractivity contribution in [2.45, 2.75) is 6.18 Å². The lowest BCUT2D eigenvalue weighted by Crippen LogP contribution is -2.34. The van der Waals surface area contributed by atoms with E-state index in [0.717, 1.165) is 12.1 Å². The highest BCUT2D eigenvalue weighted by Gasteiger charge is 2.30. The normalized spacial score (nSPS) is 11.4. The maximum atomic E-state index is 13.4. The van der Waals surface area contributed by atoms with Crippen molar-refractivity contribution in [3.8, 4) is 17.2 Å². The third-order valence-corrected chi connectivity index (χ3v) is 5.36. The Morgan fingerprint density at radius 1 is 1.12 bits per heavy atom. The molecule has 9 heteroatoms. The molecular formula is C25H19F3N4O2. The van der Waals surface area contributed by atoms with Gasteiger partial charge in [0.05, 0.1) is 35.5 Å². The third kappa shape index (κ3) is 4.63. The van der Waals surface area contributed by atoms with Gasteiger partial charge >= 0.3 is 6.18 Å². The standard InChI is InChI=1S/C25H19F3N4O2/c1-34-13-12-31(21-8-2-17(15-29)3-9-21)24(33)19-10-11-32-23(14-19)22(16-30-32)18-4-6-20(7-5-18)25(26,27)28/h2-11,14,16H,12-13H2,1H3. The van der Waals surface area contributed by atoms with Crippen LogP contribution < -0.4 is 4.90 Å². The van der Waals surface area contributed by atoms with Gasteiger partial charge in [-0.3, -0.25) is 4.79 Å². The van der Waals surface area contributed by atoms with Crippen LogP contribution in [0.4, 0.5) is 18.9 Å². The summed E-state index contributed by atoms with van der Waals surface area (Å²) in [6.07, 6.45) is -1.24. The van der Waals surface area contributed by atoms with Gasteiger partial charge in [-0.2, -0.15) is 23.5 Å². The molecule has 0 saturated carbocycles. The monoisotopic (exact) mass is 464 g/mol. The lowest BCUT2D eigenvalue weighted by molar-refractivity contribution is -0.137. The van der Waals surface area contributed by atoms with Gasteiger partial charge in [0.2, 0.25) is 0 Å². The zero-order valence-electron chi connectivity index (χ0n) is 18.1. The van der Waals surface area contributed by atoms with Gasteiger partial charge in [0.1, 0.15) is 0 Å². The summed E-state index contributed by atoms with van der Waals surface area (Å²) < 4.78 is 45.5. The molecule has 0 aliphatic carbocycles. The number of nitrogens with zero attached hydrogens (tertiary/aromatic N) is 4. The fourth-order valence-electron chi connectivity index (χ4n) is 3.58. The van der Waals surface area contributed by atoms with E-state index in [1.54, 1.807) is 58.2 Å². The summed E-state index contributed by atoms with van der Waals surface area (Å²) in [7, 11) is 1.54. The van der Waals surface area contributed by atoms with E-state index in [0.29, 0.717) is 40.1 Å². The number of carbonyl (C=O) groups is 1. The molecule has 0 radical (unpaired) electrons. The van der Waals surface area contributed by atoms with E-state index < -0.39 is 11.7 Å². The molecule has 2 aromatic carbocycles. The Kier molecular flexibility index (Phi) is 6.34. The van der Waals surface area contributed by atoms with E-state index in [-0.39, 0.29) is 12.5 Å². The number of fused-ring (bicyclic) bond motifs is 1. The highest BCUT2D eigenvalue weighted by Crippen LogP contribution is 2.32. The van der Waals surface area contributed by atoms with Gasteiger partial charge in [0.25, 0.3) is 5.91 Å². The van der Waals surface area contributed by atoms with Crippen LogP contribution in [0.1, 0.15) is 21.5 Å².